The lowest BCUT2D eigenvalue weighted by Gasteiger charge is -2.12. The van der Waals surface area contributed by atoms with E-state index in [1.54, 1.807) is 24.3 Å². The lowest BCUT2D eigenvalue weighted by molar-refractivity contribution is -0.136. The molecule has 0 spiro atoms. The number of carbonyl (C=O) groups excluding carboxylic acids is 1. The predicted molar refractivity (Wildman–Crippen MR) is 87.6 cm³/mol. The number of aryl methyl sites for hydroxylation is 1. The van der Waals surface area contributed by atoms with Gasteiger partial charge >= 0.3 is 5.97 Å². The van der Waals surface area contributed by atoms with Gasteiger partial charge in [-0.3, -0.25) is 0 Å². The zero-order valence-corrected chi connectivity index (χ0v) is 13.5. The maximum Gasteiger partial charge on any atom is 0.349 e. The summed E-state index contributed by atoms with van der Waals surface area (Å²) in [6, 6.07) is 14.5. The minimum Gasteiger partial charge on any atom is -0.482 e. The Hall–Kier alpha value is -2.80. The van der Waals surface area contributed by atoms with Crippen molar-refractivity contribution in [2.45, 2.75) is 26.7 Å². The number of carbonyl (C=O) groups is 1. The molecule has 2 aromatic carbocycles. The van der Waals surface area contributed by atoms with E-state index in [9.17, 15) is 4.79 Å². The SMILES string of the molecule is Cc1ccc(C(C)C)cc1OC(=O)COc1ccc(C#N)cc1. The lowest BCUT2D eigenvalue weighted by atomic mass is 10.0. The van der Waals surface area contributed by atoms with Crippen molar-refractivity contribution < 1.29 is 14.3 Å². The fraction of sp³-hybridized carbons (Fsp3) is 0.263. The van der Waals surface area contributed by atoms with Gasteiger partial charge in [-0.25, -0.2) is 4.79 Å². The molecular formula is C19H19NO3. The molecule has 0 atom stereocenters. The van der Waals surface area contributed by atoms with Crippen LogP contribution in [0.3, 0.4) is 0 Å². The van der Waals surface area contributed by atoms with Crippen molar-refractivity contribution in [1.82, 2.24) is 0 Å². The van der Waals surface area contributed by atoms with Crippen LogP contribution in [-0.4, -0.2) is 12.6 Å². The molecule has 4 heteroatoms. The van der Waals surface area contributed by atoms with Crippen molar-refractivity contribution in [3.8, 4) is 17.6 Å². The molecule has 118 valence electrons. The van der Waals surface area contributed by atoms with E-state index in [1.807, 2.05) is 31.2 Å². The summed E-state index contributed by atoms with van der Waals surface area (Å²) in [5, 5.41) is 8.73. The molecule has 0 aliphatic carbocycles. The van der Waals surface area contributed by atoms with E-state index in [1.165, 1.54) is 0 Å². The van der Waals surface area contributed by atoms with Crippen molar-refractivity contribution >= 4 is 5.97 Å². The van der Waals surface area contributed by atoms with Crippen LogP contribution in [0.25, 0.3) is 0 Å². The predicted octanol–water partition coefficient (Wildman–Crippen LogP) is 3.97. The van der Waals surface area contributed by atoms with Crippen LogP contribution in [0.1, 0.15) is 36.5 Å². The molecular weight excluding hydrogens is 290 g/mol. The first-order valence-corrected chi connectivity index (χ1v) is 7.44. The molecule has 0 amide bonds. The Morgan fingerprint density at radius 2 is 1.87 bits per heavy atom. The highest BCUT2D eigenvalue weighted by Crippen LogP contribution is 2.24. The van der Waals surface area contributed by atoms with Gasteiger partial charge in [-0.15, -0.1) is 0 Å². The summed E-state index contributed by atoms with van der Waals surface area (Å²) in [7, 11) is 0. The van der Waals surface area contributed by atoms with E-state index in [-0.39, 0.29) is 6.61 Å². The van der Waals surface area contributed by atoms with Gasteiger partial charge in [-0.1, -0.05) is 26.0 Å². The number of hydrogen-bond donors (Lipinski definition) is 0. The molecule has 0 saturated carbocycles. The lowest BCUT2D eigenvalue weighted by Crippen LogP contribution is -2.18. The highest BCUT2D eigenvalue weighted by atomic mass is 16.6. The highest BCUT2D eigenvalue weighted by Gasteiger charge is 2.10. The molecule has 4 nitrogen and oxygen atoms in total. The zero-order valence-electron chi connectivity index (χ0n) is 13.5. The summed E-state index contributed by atoms with van der Waals surface area (Å²) in [4.78, 5) is 11.9. The Kier molecular flexibility index (Phi) is 5.37. The second kappa shape index (κ2) is 7.46. The van der Waals surface area contributed by atoms with Gasteiger partial charge in [0.15, 0.2) is 6.61 Å². The Bertz CT molecular complexity index is 727. The summed E-state index contributed by atoms with van der Waals surface area (Å²) in [6.07, 6.45) is 0. The molecule has 0 aliphatic rings. The topological polar surface area (TPSA) is 59.3 Å². The normalized spacial score (nSPS) is 10.2. The number of rotatable bonds is 5. The summed E-state index contributed by atoms with van der Waals surface area (Å²) < 4.78 is 10.8. The van der Waals surface area contributed by atoms with Crippen molar-refractivity contribution in [2.75, 3.05) is 6.61 Å². The second-order valence-electron chi connectivity index (χ2n) is 5.58. The second-order valence-corrected chi connectivity index (χ2v) is 5.58. The molecule has 2 rings (SSSR count). The van der Waals surface area contributed by atoms with Gasteiger partial charge < -0.3 is 9.47 Å². The van der Waals surface area contributed by atoms with Gasteiger partial charge in [0.05, 0.1) is 11.6 Å². The van der Waals surface area contributed by atoms with Crippen molar-refractivity contribution in [3.63, 3.8) is 0 Å². The van der Waals surface area contributed by atoms with E-state index in [0.29, 0.717) is 23.0 Å². The Balaban J connectivity index is 1.96. The van der Waals surface area contributed by atoms with E-state index in [0.717, 1.165) is 11.1 Å². The summed E-state index contributed by atoms with van der Waals surface area (Å²) in [6.45, 7) is 5.89. The van der Waals surface area contributed by atoms with Crippen molar-refractivity contribution in [1.29, 1.82) is 5.26 Å². The quantitative estimate of drug-likeness (QED) is 0.619. The molecule has 0 aliphatic heterocycles. The van der Waals surface area contributed by atoms with E-state index < -0.39 is 5.97 Å². The Morgan fingerprint density at radius 3 is 2.48 bits per heavy atom. The van der Waals surface area contributed by atoms with Crippen molar-refractivity contribution in [3.05, 3.63) is 59.2 Å². The number of nitriles is 1. The fourth-order valence-corrected chi connectivity index (χ4v) is 2.01. The maximum absolute atomic E-state index is 11.9. The van der Waals surface area contributed by atoms with Gasteiger partial charge in [-0.2, -0.15) is 5.26 Å². The first-order chi connectivity index (χ1) is 11.0. The third-order valence-corrected chi connectivity index (χ3v) is 3.44. The maximum atomic E-state index is 11.9. The van der Waals surface area contributed by atoms with Gasteiger partial charge in [0.1, 0.15) is 11.5 Å². The molecule has 2 aromatic rings. The van der Waals surface area contributed by atoms with Crippen LogP contribution in [0.5, 0.6) is 11.5 Å². The minimum atomic E-state index is -0.460. The van der Waals surface area contributed by atoms with Crippen LogP contribution >= 0.6 is 0 Å². The Morgan fingerprint density at radius 1 is 1.17 bits per heavy atom. The van der Waals surface area contributed by atoms with Gasteiger partial charge in [0.25, 0.3) is 0 Å². The average molecular weight is 309 g/mol. The molecule has 23 heavy (non-hydrogen) atoms. The summed E-state index contributed by atoms with van der Waals surface area (Å²) in [5.41, 5.74) is 2.56. The van der Waals surface area contributed by atoms with Crippen LogP contribution in [0.15, 0.2) is 42.5 Å². The van der Waals surface area contributed by atoms with Gasteiger partial charge in [0, 0.05) is 0 Å². The number of esters is 1. The van der Waals surface area contributed by atoms with Crippen LogP contribution < -0.4 is 9.47 Å². The number of benzene rings is 2. The van der Waals surface area contributed by atoms with Crippen LogP contribution in [0, 0.1) is 18.3 Å². The first-order valence-electron chi connectivity index (χ1n) is 7.44. The molecule has 0 heterocycles. The van der Waals surface area contributed by atoms with Gasteiger partial charge in [-0.05, 0) is 54.3 Å². The smallest absolute Gasteiger partial charge is 0.349 e. The molecule has 0 bridgehead atoms. The first kappa shape index (κ1) is 16.6. The Labute approximate surface area is 136 Å². The monoisotopic (exact) mass is 309 g/mol. The molecule has 0 saturated heterocycles. The molecule has 0 N–H and O–H groups in total. The average Bonchev–Trinajstić information content (AvgIpc) is 2.55. The van der Waals surface area contributed by atoms with E-state index in [2.05, 4.69) is 13.8 Å². The van der Waals surface area contributed by atoms with E-state index in [4.69, 9.17) is 14.7 Å². The number of nitrogens with zero attached hydrogens (tertiary/aromatic N) is 1. The summed E-state index contributed by atoms with van der Waals surface area (Å²) in [5.74, 6) is 0.986. The zero-order chi connectivity index (χ0) is 16.8. The largest absolute Gasteiger partial charge is 0.482 e. The third-order valence-electron chi connectivity index (χ3n) is 3.44. The van der Waals surface area contributed by atoms with Gasteiger partial charge in [0.2, 0.25) is 0 Å². The van der Waals surface area contributed by atoms with Crippen LogP contribution in [-0.2, 0) is 4.79 Å². The molecule has 0 unspecified atom stereocenters. The number of hydrogen-bond acceptors (Lipinski definition) is 4. The van der Waals surface area contributed by atoms with Crippen LogP contribution in [0.2, 0.25) is 0 Å². The van der Waals surface area contributed by atoms with Crippen molar-refractivity contribution in [2.24, 2.45) is 0 Å². The molecule has 0 aromatic heterocycles. The standard InChI is InChI=1S/C19H19NO3/c1-13(2)16-7-4-14(3)18(10-16)23-19(21)12-22-17-8-5-15(11-20)6-9-17/h4-10,13H,12H2,1-3H3. The molecule has 0 radical (unpaired) electrons. The number of ether oxygens (including phenoxy) is 2. The fourth-order valence-electron chi connectivity index (χ4n) is 2.01. The molecule has 0 fully saturated rings. The van der Waals surface area contributed by atoms with Crippen LogP contribution in [0.4, 0.5) is 0 Å². The third kappa shape index (κ3) is 4.58. The minimum absolute atomic E-state index is 0.183. The highest BCUT2D eigenvalue weighted by molar-refractivity contribution is 5.74. The van der Waals surface area contributed by atoms with E-state index >= 15 is 0 Å². The summed E-state index contributed by atoms with van der Waals surface area (Å²) >= 11 is 0.